The SMILES string of the molecule is S=C(NCC[NH+]1CCOCC1)N[C@H](c1ccccc1)c1cccs1. The summed E-state index contributed by atoms with van der Waals surface area (Å²) in [6.07, 6.45) is 0. The lowest BCUT2D eigenvalue weighted by Crippen LogP contribution is -3.14. The second kappa shape index (κ2) is 9.13. The number of hydrogen-bond donors (Lipinski definition) is 3. The van der Waals surface area contributed by atoms with E-state index >= 15 is 0 Å². The zero-order valence-corrected chi connectivity index (χ0v) is 15.3. The average molecular weight is 363 g/mol. The van der Waals surface area contributed by atoms with Crippen LogP contribution in [0.2, 0.25) is 0 Å². The van der Waals surface area contributed by atoms with E-state index in [1.54, 1.807) is 16.2 Å². The minimum Gasteiger partial charge on any atom is -0.370 e. The smallest absolute Gasteiger partial charge is 0.167 e. The predicted octanol–water partition coefficient (Wildman–Crippen LogP) is 1.22. The first-order valence-electron chi connectivity index (χ1n) is 8.37. The Morgan fingerprint density at radius 3 is 2.67 bits per heavy atom. The molecule has 0 amide bonds. The number of benzene rings is 1. The Hall–Kier alpha value is -1.47. The molecule has 4 nitrogen and oxygen atoms in total. The number of nitrogens with one attached hydrogen (secondary N) is 3. The number of thiocarbonyl (C=S) groups is 1. The van der Waals surface area contributed by atoms with Crippen molar-refractivity contribution >= 4 is 28.7 Å². The molecule has 2 heterocycles. The number of morpholine rings is 1. The normalized spacial score (nSPS) is 16.5. The van der Waals surface area contributed by atoms with Crippen LogP contribution < -0.4 is 15.5 Å². The van der Waals surface area contributed by atoms with E-state index in [1.807, 2.05) is 6.07 Å². The fourth-order valence-corrected chi connectivity index (χ4v) is 3.89. The van der Waals surface area contributed by atoms with Gasteiger partial charge in [0.05, 0.1) is 32.3 Å². The third-order valence-electron chi connectivity index (χ3n) is 4.20. The number of rotatable bonds is 6. The van der Waals surface area contributed by atoms with Crippen molar-refractivity contribution in [2.45, 2.75) is 6.04 Å². The van der Waals surface area contributed by atoms with E-state index < -0.39 is 0 Å². The highest BCUT2D eigenvalue weighted by Crippen LogP contribution is 2.25. The molecule has 0 radical (unpaired) electrons. The fourth-order valence-electron chi connectivity index (χ4n) is 2.86. The molecule has 3 N–H and O–H groups in total. The molecular formula is C18H24N3OS2+. The van der Waals surface area contributed by atoms with E-state index in [1.165, 1.54) is 10.4 Å². The van der Waals surface area contributed by atoms with Crippen LogP contribution in [0.25, 0.3) is 0 Å². The van der Waals surface area contributed by atoms with Crippen molar-refractivity contribution in [2.24, 2.45) is 0 Å². The van der Waals surface area contributed by atoms with Crippen molar-refractivity contribution in [3.8, 4) is 0 Å². The monoisotopic (exact) mass is 362 g/mol. The predicted molar refractivity (Wildman–Crippen MR) is 103 cm³/mol. The topological polar surface area (TPSA) is 37.7 Å². The van der Waals surface area contributed by atoms with Crippen molar-refractivity contribution in [1.29, 1.82) is 0 Å². The van der Waals surface area contributed by atoms with Crippen LogP contribution in [-0.2, 0) is 4.74 Å². The number of hydrogen-bond acceptors (Lipinski definition) is 3. The minimum absolute atomic E-state index is 0.0990. The van der Waals surface area contributed by atoms with Gasteiger partial charge in [-0.3, -0.25) is 0 Å². The third-order valence-corrected chi connectivity index (χ3v) is 5.40. The standard InChI is InChI=1S/C18H23N3OS2/c23-18(19-8-9-21-10-12-22-13-11-21)20-17(16-7-4-14-24-16)15-5-2-1-3-6-15/h1-7,14,17H,8-13H2,(H2,19,20,23)/p+1/t17-/m1/s1. The second-order valence-electron chi connectivity index (χ2n) is 5.87. The zero-order chi connectivity index (χ0) is 16.6. The summed E-state index contributed by atoms with van der Waals surface area (Å²) in [4.78, 5) is 2.85. The van der Waals surface area contributed by atoms with Gasteiger partial charge in [0.25, 0.3) is 0 Å². The van der Waals surface area contributed by atoms with Crippen LogP contribution in [0.3, 0.4) is 0 Å². The molecule has 1 atom stereocenters. The van der Waals surface area contributed by atoms with Crippen LogP contribution in [0.4, 0.5) is 0 Å². The number of ether oxygens (including phenoxy) is 1. The van der Waals surface area contributed by atoms with Crippen molar-refractivity contribution in [1.82, 2.24) is 10.6 Å². The first-order valence-corrected chi connectivity index (χ1v) is 9.66. The second-order valence-corrected chi connectivity index (χ2v) is 7.26. The summed E-state index contributed by atoms with van der Waals surface area (Å²) in [5.74, 6) is 0. The maximum atomic E-state index is 5.52. The van der Waals surface area contributed by atoms with Gasteiger partial charge in [0, 0.05) is 4.88 Å². The summed E-state index contributed by atoms with van der Waals surface area (Å²) >= 11 is 7.27. The fraction of sp³-hybridized carbons (Fsp3) is 0.389. The van der Waals surface area contributed by atoms with Gasteiger partial charge in [-0.1, -0.05) is 36.4 Å². The Labute approximate surface area is 152 Å². The van der Waals surface area contributed by atoms with E-state index in [2.05, 4.69) is 52.4 Å². The highest BCUT2D eigenvalue weighted by atomic mass is 32.1. The summed E-state index contributed by atoms with van der Waals surface area (Å²) in [6, 6.07) is 14.8. The molecule has 0 spiro atoms. The van der Waals surface area contributed by atoms with E-state index in [4.69, 9.17) is 17.0 Å². The number of thiophene rings is 1. The van der Waals surface area contributed by atoms with Crippen molar-refractivity contribution in [3.05, 3.63) is 58.3 Å². The Kier molecular flexibility index (Phi) is 6.60. The molecule has 0 aliphatic carbocycles. The van der Waals surface area contributed by atoms with Gasteiger partial charge < -0.3 is 20.3 Å². The molecule has 3 rings (SSSR count). The van der Waals surface area contributed by atoms with E-state index in [-0.39, 0.29) is 6.04 Å². The highest BCUT2D eigenvalue weighted by Gasteiger charge is 2.17. The van der Waals surface area contributed by atoms with E-state index in [0.29, 0.717) is 5.11 Å². The first-order chi connectivity index (χ1) is 11.8. The Morgan fingerprint density at radius 1 is 1.17 bits per heavy atom. The molecule has 1 aromatic carbocycles. The molecule has 1 saturated heterocycles. The van der Waals surface area contributed by atoms with Crippen molar-refractivity contribution < 1.29 is 9.64 Å². The molecule has 1 aromatic heterocycles. The van der Waals surface area contributed by atoms with Gasteiger partial charge in [0.2, 0.25) is 0 Å². The van der Waals surface area contributed by atoms with E-state index in [0.717, 1.165) is 39.4 Å². The molecule has 1 fully saturated rings. The molecule has 128 valence electrons. The number of quaternary nitrogens is 1. The van der Waals surface area contributed by atoms with Crippen LogP contribution in [0.15, 0.2) is 47.8 Å². The Morgan fingerprint density at radius 2 is 1.96 bits per heavy atom. The summed E-state index contributed by atoms with van der Waals surface area (Å²) in [6.45, 7) is 5.86. The van der Waals surface area contributed by atoms with Crippen molar-refractivity contribution in [3.63, 3.8) is 0 Å². The zero-order valence-electron chi connectivity index (χ0n) is 13.7. The summed E-state index contributed by atoms with van der Waals surface area (Å²) < 4.78 is 5.39. The van der Waals surface area contributed by atoms with Crippen LogP contribution in [-0.4, -0.2) is 44.5 Å². The van der Waals surface area contributed by atoms with Crippen LogP contribution in [0.1, 0.15) is 16.5 Å². The Balaban J connectivity index is 1.53. The van der Waals surface area contributed by atoms with Gasteiger partial charge in [-0.15, -0.1) is 11.3 Å². The lowest BCUT2D eigenvalue weighted by Gasteiger charge is -2.25. The molecule has 6 heteroatoms. The van der Waals surface area contributed by atoms with Crippen molar-refractivity contribution in [2.75, 3.05) is 39.4 Å². The van der Waals surface area contributed by atoms with Crippen LogP contribution >= 0.6 is 23.6 Å². The highest BCUT2D eigenvalue weighted by molar-refractivity contribution is 7.80. The molecular weight excluding hydrogens is 338 g/mol. The van der Waals surface area contributed by atoms with E-state index in [9.17, 15) is 0 Å². The molecule has 2 aromatic rings. The van der Waals surface area contributed by atoms with Gasteiger partial charge in [-0.25, -0.2) is 0 Å². The van der Waals surface area contributed by atoms with Crippen LogP contribution in [0.5, 0.6) is 0 Å². The molecule has 0 unspecified atom stereocenters. The largest absolute Gasteiger partial charge is 0.370 e. The quantitative estimate of drug-likeness (QED) is 0.676. The lowest BCUT2D eigenvalue weighted by molar-refractivity contribution is -0.906. The average Bonchev–Trinajstić information content (AvgIpc) is 3.16. The van der Waals surface area contributed by atoms with Gasteiger partial charge in [-0.05, 0) is 29.2 Å². The Bertz CT molecular complexity index is 612. The lowest BCUT2D eigenvalue weighted by atomic mass is 10.1. The first kappa shape index (κ1) is 17.4. The van der Waals surface area contributed by atoms with Gasteiger partial charge in [0.15, 0.2) is 5.11 Å². The summed E-state index contributed by atoms with van der Waals surface area (Å²) in [7, 11) is 0. The maximum absolute atomic E-state index is 5.52. The minimum atomic E-state index is 0.0990. The molecule has 1 aliphatic rings. The summed E-state index contributed by atoms with van der Waals surface area (Å²) in [5.41, 5.74) is 1.22. The maximum Gasteiger partial charge on any atom is 0.167 e. The molecule has 0 bridgehead atoms. The molecule has 24 heavy (non-hydrogen) atoms. The van der Waals surface area contributed by atoms with Crippen LogP contribution in [0, 0.1) is 0 Å². The van der Waals surface area contributed by atoms with Gasteiger partial charge in [0.1, 0.15) is 13.1 Å². The molecule has 1 aliphatic heterocycles. The molecule has 0 saturated carbocycles. The van der Waals surface area contributed by atoms with Gasteiger partial charge >= 0.3 is 0 Å². The summed E-state index contributed by atoms with van der Waals surface area (Å²) in [5, 5.41) is 9.64. The third kappa shape index (κ3) is 5.01. The van der Waals surface area contributed by atoms with Gasteiger partial charge in [-0.2, -0.15) is 0 Å².